The number of rotatable bonds is 14. The summed E-state index contributed by atoms with van der Waals surface area (Å²) in [4.78, 5) is 50.6. The Balaban J connectivity index is 2.98. The van der Waals surface area contributed by atoms with E-state index in [1.165, 1.54) is 12.1 Å². The number of carbonyl (C=O) groups is 4. The summed E-state index contributed by atoms with van der Waals surface area (Å²) in [7, 11) is 0. The Morgan fingerprint density at radius 2 is 1.31 bits per heavy atom. The van der Waals surface area contributed by atoms with Crippen LogP contribution in [0.4, 0.5) is 0 Å². The summed E-state index contributed by atoms with van der Waals surface area (Å²) in [6.45, 7) is 11.2. The lowest BCUT2D eigenvalue weighted by Crippen LogP contribution is -2.58. The molecule has 0 aliphatic heterocycles. The highest BCUT2D eigenvalue weighted by molar-refractivity contribution is 5.94. The van der Waals surface area contributed by atoms with Crippen LogP contribution in [0.3, 0.4) is 0 Å². The Kier molecular flexibility index (Phi) is 12.4. The highest BCUT2D eigenvalue weighted by Gasteiger charge is 2.32. The van der Waals surface area contributed by atoms with Gasteiger partial charge in [-0.1, -0.05) is 53.7 Å². The maximum Gasteiger partial charge on any atom is 0.326 e. The van der Waals surface area contributed by atoms with E-state index in [4.69, 9.17) is 5.73 Å². The first-order chi connectivity index (χ1) is 16.7. The molecular weight excluding hydrogens is 464 g/mol. The van der Waals surface area contributed by atoms with Crippen molar-refractivity contribution < 1.29 is 29.4 Å². The van der Waals surface area contributed by atoms with Gasteiger partial charge in [-0.05, 0) is 48.3 Å². The van der Waals surface area contributed by atoms with E-state index in [-0.39, 0.29) is 36.3 Å². The number of nitrogens with one attached hydrogen (secondary N) is 3. The molecule has 1 rings (SSSR count). The molecule has 0 bridgehead atoms. The predicted octanol–water partition coefficient (Wildman–Crippen LogP) is 1.55. The van der Waals surface area contributed by atoms with Crippen molar-refractivity contribution in [3.63, 3.8) is 0 Å². The summed E-state index contributed by atoms with van der Waals surface area (Å²) in [5.74, 6) is -2.84. The molecule has 1 aromatic carbocycles. The van der Waals surface area contributed by atoms with Gasteiger partial charge in [0.1, 0.15) is 23.9 Å². The molecule has 202 valence electrons. The number of phenolic OH excluding ortho intramolecular Hbond substituents is 1. The normalized spacial score (nSPS) is 14.7. The molecule has 3 amide bonds. The van der Waals surface area contributed by atoms with Crippen LogP contribution in [0.1, 0.15) is 59.9 Å². The Bertz CT molecular complexity index is 885. The minimum Gasteiger partial charge on any atom is -0.508 e. The van der Waals surface area contributed by atoms with Crippen LogP contribution in [0.25, 0.3) is 0 Å². The first kappa shape index (κ1) is 30.9. The zero-order valence-corrected chi connectivity index (χ0v) is 22.1. The Labute approximate surface area is 213 Å². The van der Waals surface area contributed by atoms with E-state index in [0.29, 0.717) is 12.0 Å². The minimum atomic E-state index is -1.23. The molecule has 0 aliphatic carbocycles. The summed E-state index contributed by atoms with van der Waals surface area (Å²) < 4.78 is 0. The molecule has 10 nitrogen and oxygen atoms in total. The van der Waals surface area contributed by atoms with Crippen LogP contribution in [0, 0.1) is 17.8 Å². The number of carboxylic acid groups (broad SMARTS) is 1. The van der Waals surface area contributed by atoms with E-state index >= 15 is 0 Å². The van der Waals surface area contributed by atoms with Crippen molar-refractivity contribution in [3.05, 3.63) is 29.8 Å². The molecule has 0 fully saturated rings. The van der Waals surface area contributed by atoms with Crippen molar-refractivity contribution >= 4 is 23.7 Å². The van der Waals surface area contributed by atoms with Crippen molar-refractivity contribution in [3.8, 4) is 5.75 Å². The molecule has 0 spiro atoms. The fourth-order valence-electron chi connectivity index (χ4n) is 3.71. The number of carboxylic acids is 1. The standard InChI is InChI=1S/C26H42N4O6/c1-14(2)11-19(27)23(32)30-22(16(5)6)25(34)28-20(12-15(3)4)24(33)29-21(26(35)36)13-17-7-9-18(31)10-8-17/h7-10,14-16,19-22,31H,11-13,27H2,1-6H3,(H,28,34)(H,29,33)(H,30,32)(H,35,36). The SMILES string of the molecule is CC(C)CC(N)C(=O)NC(C(=O)NC(CC(C)C)C(=O)NC(Cc1ccc(O)cc1)C(=O)O)C(C)C. The number of benzene rings is 1. The summed E-state index contributed by atoms with van der Waals surface area (Å²) in [6, 6.07) is 2.12. The number of nitrogens with two attached hydrogens (primary N) is 1. The zero-order chi connectivity index (χ0) is 27.6. The van der Waals surface area contributed by atoms with Crippen molar-refractivity contribution in [2.75, 3.05) is 0 Å². The van der Waals surface area contributed by atoms with E-state index < -0.39 is 47.9 Å². The molecule has 0 saturated carbocycles. The molecule has 0 aromatic heterocycles. The Morgan fingerprint density at radius 3 is 1.78 bits per heavy atom. The molecule has 4 unspecified atom stereocenters. The van der Waals surface area contributed by atoms with Crippen LogP contribution < -0.4 is 21.7 Å². The number of hydrogen-bond acceptors (Lipinski definition) is 6. The van der Waals surface area contributed by atoms with Crippen LogP contribution in [-0.4, -0.2) is 58.1 Å². The van der Waals surface area contributed by atoms with Gasteiger partial charge < -0.3 is 31.9 Å². The van der Waals surface area contributed by atoms with Crippen LogP contribution in [0.15, 0.2) is 24.3 Å². The smallest absolute Gasteiger partial charge is 0.326 e. The third-order valence-electron chi connectivity index (χ3n) is 5.64. The third-order valence-corrected chi connectivity index (χ3v) is 5.64. The van der Waals surface area contributed by atoms with Gasteiger partial charge in [0.25, 0.3) is 0 Å². The van der Waals surface area contributed by atoms with Crippen molar-refractivity contribution in [1.29, 1.82) is 0 Å². The first-order valence-electron chi connectivity index (χ1n) is 12.4. The van der Waals surface area contributed by atoms with Crippen LogP contribution >= 0.6 is 0 Å². The van der Waals surface area contributed by atoms with Gasteiger partial charge in [0, 0.05) is 6.42 Å². The van der Waals surface area contributed by atoms with Gasteiger partial charge >= 0.3 is 5.97 Å². The van der Waals surface area contributed by atoms with E-state index in [1.54, 1.807) is 26.0 Å². The predicted molar refractivity (Wildman–Crippen MR) is 137 cm³/mol. The topological polar surface area (TPSA) is 171 Å². The van der Waals surface area contributed by atoms with Gasteiger partial charge in [0.2, 0.25) is 17.7 Å². The molecule has 0 saturated heterocycles. The quantitative estimate of drug-likeness (QED) is 0.222. The first-order valence-corrected chi connectivity index (χ1v) is 12.4. The molecule has 0 heterocycles. The lowest BCUT2D eigenvalue weighted by molar-refractivity contribution is -0.142. The highest BCUT2D eigenvalue weighted by Crippen LogP contribution is 2.13. The van der Waals surface area contributed by atoms with E-state index in [0.717, 1.165) is 0 Å². The van der Waals surface area contributed by atoms with Crippen LogP contribution in [-0.2, 0) is 25.6 Å². The lowest BCUT2D eigenvalue weighted by atomic mass is 9.98. The van der Waals surface area contributed by atoms with E-state index in [1.807, 2.05) is 27.7 Å². The number of aromatic hydroxyl groups is 1. The molecule has 0 radical (unpaired) electrons. The summed E-state index contributed by atoms with van der Waals surface area (Å²) in [5.41, 5.74) is 6.58. The molecule has 10 heteroatoms. The molecule has 1 aromatic rings. The van der Waals surface area contributed by atoms with Crippen molar-refractivity contribution in [1.82, 2.24) is 16.0 Å². The van der Waals surface area contributed by atoms with Gasteiger partial charge in [-0.2, -0.15) is 0 Å². The van der Waals surface area contributed by atoms with Gasteiger partial charge in [-0.25, -0.2) is 4.79 Å². The number of phenols is 1. The molecular formula is C26H42N4O6. The van der Waals surface area contributed by atoms with E-state index in [9.17, 15) is 29.4 Å². The lowest BCUT2D eigenvalue weighted by Gasteiger charge is -2.28. The van der Waals surface area contributed by atoms with Gasteiger partial charge in [-0.3, -0.25) is 14.4 Å². The Hall–Kier alpha value is -3.14. The molecule has 0 aliphatic rings. The summed E-state index contributed by atoms with van der Waals surface area (Å²) in [5, 5.41) is 27.0. The van der Waals surface area contributed by atoms with Gasteiger partial charge in [0.05, 0.1) is 6.04 Å². The largest absolute Gasteiger partial charge is 0.508 e. The second kappa shape index (κ2) is 14.4. The molecule has 7 N–H and O–H groups in total. The Morgan fingerprint density at radius 1 is 0.778 bits per heavy atom. The second-order valence-corrected chi connectivity index (χ2v) is 10.4. The average molecular weight is 507 g/mol. The third kappa shape index (κ3) is 10.6. The number of aliphatic carboxylic acids is 1. The highest BCUT2D eigenvalue weighted by atomic mass is 16.4. The zero-order valence-electron chi connectivity index (χ0n) is 22.1. The van der Waals surface area contributed by atoms with Crippen molar-refractivity contribution in [2.45, 2.75) is 85.0 Å². The molecule has 4 atom stereocenters. The minimum absolute atomic E-state index is 0.00210. The summed E-state index contributed by atoms with van der Waals surface area (Å²) >= 11 is 0. The maximum absolute atomic E-state index is 13.1. The average Bonchev–Trinajstić information content (AvgIpc) is 2.76. The number of carbonyl (C=O) groups excluding carboxylic acids is 3. The summed E-state index contributed by atoms with van der Waals surface area (Å²) in [6.07, 6.45) is 0.741. The fraction of sp³-hybridized carbons (Fsp3) is 0.615. The maximum atomic E-state index is 13.1. The van der Waals surface area contributed by atoms with Crippen molar-refractivity contribution in [2.24, 2.45) is 23.5 Å². The molecule has 36 heavy (non-hydrogen) atoms. The monoisotopic (exact) mass is 506 g/mol. The number of hydrogen-bond donors (Lipinski definition) is 6. The van der Waals surface area contributed by atoms with Gasteiger partial charge in [0.15, 0.2) is 0 Å². The van der Waals surface area contributed by atoms with E-state index in [2.05, 4.69) is 16.0 Å². The number of amides is 3. The fourth-order valence-corrected chi connectivity index (χ4v) is 3.71. The van der Waals surface area contributed by atoms with Crippen LogP contribution in [0.2, 0.25) is 0 Å². The second-order valence-electron chi connectivity index (χ2n) is 10.4. The van der Waals surface area contributed by atoms with Gasteiger partial charge in [-0.15, -0.1) is 0 Å². The van der Waals surface area contributed by atoms with Crippen LogP contribution in [0.5, 0.6) is 5.75 Å².